The van der Waals surface area contributed by atoms with Crippen LogP contribution in [0.15, 0.2) is 34.1 Å². The van der Waals surface area contributed by atoms with E-state index >= 15 is 0 Å². The average Bonchev–Trinajstić information content (AvgIpc) is 2.00. The molecule has 0 bridgehead atoms. The summed E-state index contributed by atoms with van der Waals surface area (Å²) in [6, 6.07) is 3.76. The van der Waals surface area contributed by atoms with Gasteiger partial charge in [0.2, 0.25) is 0 Å². The quantitative estimate of drug-likeness (QED) is 0.654. The van der Waals surface area contributed by atoms with Crippen LogP contribution in [0.5, 0.6) is 0 Å². The molecule has 0 amide bonds. The van der Waals surface area contributed by atoms with Gasteiger partial charge in [-0.25, -0.2) is 0 Å². The van der Waals surface area contributed by atoms with E-state index in [1.807, 2.05) is 0 Å². The second kappa shape index (κ2) is 4.03. The second-order valence-corrected chi connectivity index (χ2v) is 5.05. The number of benzene rings is 1. The fourth-order valence-corrected chi connectivity index (χ4v) is 1.83. The predicted octanol–water partition coefficient (Wildman–Crippen LogP) is 2.55. The van der Waals surface area contributed by atoms with Crippen LogP contribution in [0.1, 0.15) is 0 Å². The first-order chi connectivity index (χ1) is 6.68. The lowest BCUT2D eigenvalue weighted by atomic mass is 10.4. The standard InChI is InChI=1S/C7H5F3O3S2/c8-7(9,10)14-5-1-3-6(4-2-5)15(11,12)13/h1-4H,(H,11,12,13). The summed E-state index contributed by atoms with van der Waals surface area (Å²) < 4.78 is 65.3. The van der Waals surface area contributed by atoms with Crippen LogP contribution in [-0.2, 0) is 10.1 Å². The molecule has 1 rings (SSSR count). The monoisotopic (exact) mass is 258 g/mol. The largest absolute Gasteiger partial charge is 0.446 e. The highest BCUT2D eigenvalue weighted by molar-refractivity contribution is 8.00. The summed E-state index contributed by atoms with van der Waals surface area (Å²) in [4.78, 5) is -0.580. The van der Waals surface area contributed by atoms with Gasteiger partial charge in [-0.3, -0.25) is 4.55 Å². The fraction of sp³-hybridized carbons (Fsp3) is 0.143. The zero-order chi connectivity index (χ0) is 11.7. The first-order valence-corrected chi connectivity index (χ1v) is 5.77. The lowest BCUT2D eigenvalue weighted by Gasteiger charge is -2.05. The van der Waals surface area contributed by atoms with Crippen molar-refractivity contribution in [1.82, 2.24) is 0 Å². The third-order valence-electron chi connectivity index (χ3n) is 1.36. The van der Waals surface area contributed by atoms with Crippen LogP contribution in [-0.4, -0.2) is 18.5 Å². The molecule has 1 N–H and O–H groups in total. The fourth-order valence-electron chi connectivity index (χ4n) is 0.813. The molecule has 1 aromatic rings. The molecule has 0 unspecified atom stereocenters. The van der Waals surface area contributed by atoms with E-state index in [1.165, 1.54) is 0 Å². The topological polar surface area (TPSA) is 54.4 Å². The van der Waals surface area contributed by atoms with E-state index in [1.54, 1.807) is 0 Å². The molecule has 0 aliphatic rings. The minimum absolute atomic E-state index is 0.144. The summed E-state index contributed by atoms with van der Waals surface area (Å²) in [6.45, 7) is 0. The van der Waals surface area contributed by atoms with E-state index in [4.69, 9.17) is 4.55 Å². The summed E-state index contributed by atoms with van der Waals surface area (Å²) >= 11 is -0.356. The first kappa shape index (κ1) is 12.3. The lowest BCUT2D eigenvalue weighted by Crippen LogP contribution is -2.00. The van der Waals surface area contributed by atoms with E-state index in [2.05, 4.69) is 0 Å². The van der Waals surface area contributed by atoms with Crippen molar-refractivity contribution in [3.05, 3.63) is 24.3 Å². The van der Waals surface area contributed by atoms with Gasteiger partial charge >= 0.3 is 5.51 Å². The van der Waals surface area contributed by atoms with Crippen molar-refractivity contribution in [3.8, 4) is 0 Å². The van der Waals surface area contributed by atoms with E-state index < -0.39 is 20.5 Å². The molecule has 0 aromatic heterocycles. The van der Waals surface area contributed by atoms with Crippen LogP contribution in [0.25, 0.3) is 0 Å². The summed E-state index contributed by atoms with van der Waals surface area (Å²) in [7, 11) is -4.35. The molecule has 3 nitrogen and oxygen atoms in total. The Hall–Kier alpha value is -0.730. The van der Waals surface area contributed by atoms with E-state index in [0.29, 0.717) is 0 Å². The summed E-state index contributed by atoms with van der Waals surface area (Å²) in [5.74, 6) is 0. The van der Waals surface area contributed by atoms with Crippen molar-refractivity contribution in [2.24, 2.45) is 0 Å². The molecule has 0 heterocycles. The SMILES string of the molecule is O=S(=O)(O)c1ccc(SC(F)(F)F)cc1. The van der Waals surface area contributed by atoms with Crippen molar-refractivity contribution in [1.29, 1.82) is 0 Å². The Morgan fingerprint density at radius 2 is 1.60 bits per heavy atom. The highest BCUT2D eigenvalue weighted by Crippen LogP contribution is 2.36. The molecule has 1 aromatic carbocycles. The number of thioether (sulfide) groups is 1. The zero-order valence-corrected chi connectivity index (χ0v) is 8.66. The molecule has 0 saturated carbocycles. The van der Waals surface area contributed by atoms with Gasteiger partial charge in [0.1, 0.15) is 0 Å². The van der Waals surface area contributed by atoms with E-state index in [0.717, 1.165) is 24.3 Å². The lowest BCUT2D eigenvalue weighted by molar-refractivity contribution is -0.0328. The van der Waals surface area contributed by atoms with Crippen LogP contribution in [0.3, 0.4) is 0 Å². The molecule has 15 heavy (non-hydrogen) atoms. The Labute approximate surface area is 88.0 Å². The van der Waals surface area contributed by atoms with Crippen molar-refractivity contribution in [2.75, 3.05) is 0 Å². The van der Waals surface area contributed by atoms with Gasteiger partial charge in [-0.05, 0) is 36.0 Å². The summed E-state index contributed by atoms with van der Waals surface area (Å²) in [5.41, 5.74) is -4.42. The number of hydrogen-bond donors (Lipinski definition) is 1. The van der Waals surface area contributed by atoms with Gasteiger partial charge in [0.15, 0.2) is 0 Å². The highest BCUT2D eigenvalue weighted by Gasteiger charge is 2.29. The molecule has 0 spiro atoms. The average molecular weight is 258 g/mol. The number of halogens is 3. The third kappa shape index (κ3) is 4.10. The molecule has 0 radical (unpaired) electrons. The van der Waals surface area contributed by atoms with Gasteiger partial charge in [-0.15, -0.1) is 0 Å². The normalized spacial score (nSPS) is 12.8. The Bertz CT molecular complexity index is 436. The minimum Gasteiger partial charge on any atom is -0.282 e. The molecule has 84 valence electrons. The molecular weight excluding hydrogens is 253 g/mol. The molecule has 0 atom stereocenters. The summed E-state index contributed by atoms with van der Waals surface area (Å²) in [6.07, 6.45) is 0. The van der Waals surface area contributed by atoms with Gasteiger partial charge in [-0.1, -0.05) is 0 Å². The van der Waals surface area contributed by atoms with Crippen LogP contribution in [0.2, 0.25) is 0 Å². The molecule has 0 saturated heterocycles. The third-order valence-corrected chi connectivity index (χ3v) is 2.96. The first-order valence-electron chi connectivity index (χ1n) is 3.52. The predicted molar refractivity (Wildman–Crippen MR) is 48.2 cm³/mol. The van der Waals surface area contributed by atoms with Crippen LogP contribution in [0, 0.1) is 0 Å². The Kier molecular flexibility index (Phi) is 3.31. The van der Waals surface area contributed by atoms with Crippen molar-refractivity contribution in [2.45, 2.75) is 15.3 Å². The second-order valence-electron chi connectivity index (χ2n) is 2.49. The van der Waals surface area contributed by atoms with Crippen molar-refractivity contribution >= 4 is 21.9 Å². The number of hydrogen-bond acceptors (Lipinski definition) is 3. The van der Waals surface area contributed by atoms with E-state index in [9.17, 15) is 21.6 Å². The van der Waals surface area contributed by atoms with Crippen LogP contribution >= 0.6 is 11.8 Å². The maximum atomic E-state index is 11.9. The van der Waals surface area contributed by atoms with Gasteiger partial charge in [0.05, 0.1) is 4.90 Å². The van der Waals surface area contributed by atoms with Crippen LogP contribution in [0.4, 0.5) is 13.2 Å². The summed E-state index contributed by atoms with van der Waals surface area (Å²) in [5, 5.41) is 0. The molecule has 8 heteroatoms. The maximum Gasteiger partial charge on any atom is 0.446 e. The zero-order valence-electron chi connectivity index (χ0n) is 7.02. The maximum absolute atomic E-state index is 11.9. The van der Waals surface area contributed by atoms with Crippen LogP contribution < -0.4 is 0 Å². The molecule has 0 aliphatic heterocycles. The van der Waals surface area contributed by atoms with Crippen molar-refractivity contribution < 1.29 is 26.1 Å². The van der Waals surface area contributed by atoms with Gasteiger partial charge < -0.3 is 0 Å². The smallest absolute Gasteiger partial charge is 0.282 e. The Morgan fingerprint density at radius 1 is 1.13 bits per heavy atom. The Balaban J connectivity index is 2.92. The number of alkyl halides is 3. The highest BCUT2D eigenvalue weighted by atomic mass is 32.2. The minimum atomic E-state index is -4.42. The number of rotatable bonds is 2. The molecular formula is C7H5F3O3S2. The van der Waals surface area contributed by atoms with Gasteiger partial charge in [0.25, 0.3) is 10.1 Å². The van der Waals surface area contributed by atoms with Gasteiger partial charge in [0, 0.05) is 4.90 Å². The van der Waals surface area contributed by atoms with E-state index in [-0.39, 0.29) is 16.7 Å². The van der Waals surface area contributed by atoms with Gasteiger partial charge in [-0.2, -0.15) is 21.6 Å². The molecule has 0 fully saturated rings. The Morgan fingerprint density at radius 3 is 1.93 bits per heavy atom. The molecule has 0 aliphatic carbocycles. The van der Waals surface area contributed by atoms with Crippen molar-refractivity contribution in [3.63, 3.8) is 0 Å².